The van der Waals surface area contributed by atoms with Gasteiger partial charge in [-0.1, -0.05) is 0 Å². The molecule has 0 aliphatic heterocycles. The van der Waals surface area contributed by atoms with Crippen molar-refractivity contribution in [3.05, 3.63) is 51.4 Å². The molecule has 0 spiro atoms. The number of allylic oxidation sites excluding steroid dienone is 4. The summed E-state index contributed by atoms with van der Waals surface area (Å²) in [6.45, 7) is 10.9. The summed E-state index contributed by atoms with van der Waals surface area (Å²) in [5.41, 5.74) is 2.47. The summed E-state index contributed by atoms with van der Waals surface area (Å²) in [5, 5.41) is 0. The van der Waals surface area contributed by atoms with Gasteiger partial charge in [-0.3, -0.25) is 0 Å². The van der Waals surface area contributed by atoms with Gasteiger partial charge in [-0.15, -0.1) is 0 Å². The zero-order valence-corrected chi connectivity index (χ0v) is 14.6. The molecule has 0 saturated carbocycles. The van der Waals surface area contributed by atoms with Gasteiger partial charge in [-0.05, 0) is 0 Å². The Morgan fingerprint density at radius 2 is 1.70 bits per heavy atom. The molecule has 0 radical (unpaired) electrons. The molecule has 0 atom stereocenters. The molecule has 0 fully saturated rings. The van der Waals surface area contributed by atoms with Crippen LogP contribution in [0.15, 0.2) is 45.9 Å². The molecule has 1 aliphatic carbocycles. The standard InChI is InChI=1S/C18H23O.Ti/c1-17(2,3)19-16-13-9-8-12-15(16)18(4,5)14-10-6-7-11-14;/h6,8-10,12-13H,7H2,1-5H3;. The average Bonchev–Trinajstić information content (AvgIpc) is 2.74. The Hall–Kier alpha value is -0.786. The summed E-state index contributed by atoms with van der Waals surface area (Å²) in [7, 11) is 0. The van der Waals surface area contributed by atoms with Crippen molar-refractivity contribution < 1.29 is 25.2 Å². The predicted octanol–water partition coefficient (Wildman–Crippen LogP) is 4.90. The summed E-state index contributed by atoms with van der Waals surface area (Å²) in [6, 6.07) is 8.41. The average molecular weight is 303 g/mol. The summed E-state index contributed by atoms with van der Waals surface area (Å²) in [5.74, 6) is 0.991. The van der Waals surface area contributed by atoms with Crippen molar-refractivity contribution in [3.8, 4) is 5.75 Å². The van der Waals surface area contributed by atoms with E-state index in [0.29, 0.717) is 0 Å². The summed E-state index contributed by atoms with van der Waals surface area (Å²) in [4.78, 5) is 0. The van der Waals surface area contributed by atoms with Crippen LogP contribution in [0.25, 0.3) is 0 Å². The van der Waals surface area contributed by atoms with E-state index >= 15 is 0 Å². The first-order valence-corrected chi connectivity index (χ1v) is 7.90. The molecule has 2 heteroatoms. The van der Waals surface area contributed by atoms with Crippen LogP contribution in [0, 0.1) is 0 Å². The molecule has 2 rings (SSSR count). The predicted molar refractivity (Wildman–Crippen MR) is 80.6 cm³/mol. The van der Waals surface area contributed by atoms with Crippen LogP contribution in [0.5, 0.6) is 5.75 Å². The SMILES string of the molecule is CC(C)(C)Oc1ccccc1C(C)(C)C1=[C]([Ti])CC=C1. The summed E-state index contributed by atoms with van der Waals surface area (Å²) >= 11 is 2.23. The molecule has 0 N–H and O–H groups in total. The summed E-state index contributed by atoms with van der Waals surface area (Å²) < 4.78 is 7.63. The van der Waals surface area contributed by atoms with E-state index in [1.165, 1.54) is 15.0 Å². The van der Waals surface area contributed by atoms with Crippen molar-refractivity contribution in [2.75, 3.05) is 0 Å². The van der Waals surface area contributed by atoms with E-state index in [9.17, 15) is 0 Å². The van der Waals surface area contributed by atoms with E-state index < -0.39 is 0 Å². The molecular weight excluding hydrogens is 280 g/mol. The van der Waals surface area contributed by atoms with Crippen molar-refractivity contribution in [1.29, 1.82) is 0 Å². The van der Waals surface area contributed by atoms with Crippen molar-refractivity contribution in [2.24, 2.45) is 0 Å². The number of rotatable bonds is 3. The van der Waals surface area contributed by atoms with Crippen LogP contribution < -0.4 is 4.74 Å². The van der Waals surface area contributed by atoms with Crippen LogP contribution in [0.1, 0.15) is 46.6 Å². The second kappa shape index (κ2) is 5.54. The van der Waals surface area contributed by atoms with E-state index in [1.54, 1.807) is 0 Å². The van der Waals surface area contributed by atoms with Gasteiger partial charge in [0.05, 0.1) is 0 Å². The zero-order chi connectivity index (χ0) is 15.0. The van der Waals surface area contributed by atoms with Crippen molar-refractivity contribution in [2.45, 2.75) is 52.1 Å². The molecule has 1 aliphatic rings. The first-order chi connectivity index (χ1) is 9.22. The molecule has 0 aromatic heterocycles. The normalized spacial score (nSPS) is 15.8. The zero-order valence-electron chi connectivity index (χ0n) is 13.1. The van der Waals surface area contributed by atoms with Crippen LogP contribution in [0.2, 0.25) is 0 Å². The van der Waals surface area contributed by atoms with E-state index in [1.807, 2.05) is 6.07 Å². The Morgan fingerprint density at radius 3 is 2.25 bits per heavy atom. The second-order valence-corrected chi connectivity index (χ2v) is 7.78. The molecule has 1 aromatic rings. The van der Waals surface area contributed by atoms with Gasteiger partial charge in [0.1, 0.15) is 0 Å². The monoisotopic (exact) mass is 303 g/mol. The van der Waals surface area contributed by atoms with Gasteiger partial charge in [0.25, 0.3) is 0 Å². The van der Waals surface area contributed by atoms with E-state index in [-0.39, 0.29) is 11.0 Å². The van der Waals surface area contributed by atoms with Gasteiger partial charge in [-0.25, -0.2) is 0 Å². The van der Waals surface area contributed by atoms with Gasteiger partial charge in [0.15, 0.2) is 0 Å². The molecule has 105 valence electrons. The molecule has 0 bridgehead atoms. The minimum atomic E-state index is -0.179. The molecule has 0 heterocycles. The molecule has 1 nitrogen and oxygen atoms in total. The number of benzene rings is 1. The Morgan fingerprint density at radius 1 is 1.05 bits per heavy atom. The number of para-hydroxylation sites is 1. The summed E-state index contributed by atoms with van der Waals surface area (Å²) in [6.07, 6.45) is 5.59. The van der Waals surface area contributed by atoms with Crippen molar-refractivity contribution in [3.63, 3.8) is 0 Å². The molecule has 20 heavy (non-hydrogen) atoms. The first-order valence-electron chi connectivity index (χ1n) is 7.12. The Balaban J connectivity index is 2.47. The molecule has 1 aromatic carbocycles. The number of hydrogen-bond acceptors (Lipinski definition) is 1. The fourth-order valence-electron chi connectivity index (χ4n) is 2.64. The maximum absolute atomic E-state index is 6.17. The van der Waals surface area contributed by atoms with Gasteiger partial charge in [-0.2, -0.15) is 0 Å². The van der Waals surface area contributed by atoms with E-state index in [0.717, 1.165) is 12.2 Å². The van der Waals surface area contributed by atoms with Gasteiger partial charge in [0, 0.05) is 0 Å². The van der Waals surface area contributed by atoms with Gasteiger partial charge < -0.3 is 0 Å². The minimum absolute atomic E-state index is 0.0288. The van der Waals surface area contributed by atoms with Gasteiger partial charge >= 0.3 is 134 Å². The van der Waals surface area contributed by atoms with Gasteiger partial charge in [0.2, 0.25) is 0 Å². The Kier molecular flexibility index (Phi) is 4.32. The van der Waals surface area contributed by atoms with Crippen LogP contribution in [-0.2, 0) is 25.9 Å². The third-order valence-corrected chi connectivity index (χ3v) is 4.32. The van der Waals surface area contributed by atoms with E-state index in [4.69, 9.17) is 4.74 Å². The third-order valence-electron chi connectivity index (χ3n) is 3.58. The van der Waals surface area contributed by atoms with Crippen LogP contribution in [0.4, 0.5) is 0 Å². The van der Waals surface area contributed by atoms with Crippen LogP contribution >= 0.6 is 0 Å². The molecule has 0 unspecified atom stereocenters. The quantitative estimate of drug-likeness (QED) is 0.721. The molecule has 0 saturated heterocycles. The maximum atomic E-state index is 6.17. The second-order valence-electron chi connectivity index (χ2n) is 6.83. The molecule has 0 amide bonds. The fraction of sp³-hybridized carbons (Fsp3) is 0.444. The Bertz CT molecular complexity index is 559. The Labute approximate surface area is 134 Å². The third kappa shape index (κ3) is 3.27. The number of ether oxygens (including phenoxy) is 1. The van der Waals surface area contributed by atoms with Crippen LogP contribution in [0.3, 0.4) is 0 Å². The van der Waals surface area contributed by atoms with Crippen molar-refractivity contribution in [1.82, 2.24) is 0 Å². The fourth-order valence-corrected chi connectivity index (χ4v) is 3.44. The topological polar surface area (TPSA) is 9.23 Å². The number of hydrogen-bond donors (Lipinski definition) is 0. The van der Waals surface area contributed by atoms with E-state index in [2.05, 4.69) is 85.4 Å². The van der Waals surface area contributed by atoms with Crippen molar-refractivity contribution >= 4 is 0 Å². The molecular formula is C18H23OTi. The first kappa shape index (κ1) is 15.6. The van der Waals surface area contributed by atoms with Crippen LogP contribution in [-0.4, -0.2) is 5.60 Å².